The van der Waals surface area contributed by atoms with Crippen LogP contribution < -0.4 is 16.0 Å². The van der Waals surface area contributed by atoms with E-state index in [1.165, 1.54) is 11.3 Å². The Morgan fingerprint density at radius 1 is 0.750 bits per heavy atom. The van der Waals surface area contributed by atoms with Crippen LogP contribution in [0.1, 0.15) is 33.4 Å². The van der Waals surface area contributed by atoms with Gasteiger partial charge in [0.1, 0.15) is 0 Å². The Bertz CT molecular complexity index is 965. The zero-order valence-electron chi connectivity index (χ0n) is 15.2. The summed E-state index contributed by atoms with van der Waals surface area (Å²) in [4.78, 5) is 36.4. The van der Waals surface area contributed by atoms with E-state index >= 15 is 0 Å². The zero-order chi connectivity index (χ0) is 19.9. The molecule has 0 saturated carbocycles. The number of carbonyl (C=O) groups excluding carboxylic acids is 3. The van der Waals surface area contributed by atoms with Crippen molar-refractivity contribution in [2.45, 2.75) is 13.3 Å². The molecular weight excluding hydrogens is 374 g/mol. The van der Waals surface area contributed by atoms with Gasteiger partial charge in [-0.1, -0.05) is 13.0 Å². The van der Waals surface area contributed by atoms with Gasteiger partial charge < -0.3 is 16.0 Å². The number of hydrogen-bond acceptors (Lipinski definition) is 4. The Morgan fingerprint density at radius 2 is 1.29 bits per heavy atom. The molecule has 142 valence electrons. The third kappa shape index (κ3) is 5.05. The third-order valence-corrected chi connectivity index (χ3v) is 4.77. The largest absolute Gasteiger partial charge is 0.326 e. The summed E-state index contributed by atoms with van der Waals surface area (Å²) in [5.41, 5.74) is 2.38. The first-order valence-corrected chi connectivity index (χ1v) is 9.59. The van der Waals surface area contributed by atoms with Crippen molar-refractivity contribution >= 4 is 46.1 Å². The van der Waals surface area contributed by atoms with Crippen molar-refractivity contribution in [3.05, 3.63) is 76.5 Å². The molecule has 0 aliphatic rings. The summed E-state index contributed by atoms with van der Waals surface area (Å²) in [6.07, 6.45) is 0.405. The number of rotatable bonds is 6. The summed E-state index contributed by atoms with van der Waals surface area (Å²) in [6.45, 7) is 1.78. The highest BCUT2D eigenvalue weighted by atomic mass is 32.1. The molecule has 0 aliphatic carbocycles. The van der Waals surface area contributed by atoms with Crippen molar-refractivity contribution in [2.75, 3.05) is 16.0 Å². The minimum absolute atomic E-state index is 0.0666. The number of amides is 3. The van der Waals surface area contributed by atoms with E-state index in [0.29, 0.717) is 33.9 Å². The van der Waals surface area contributed by atoms with E-state index in [1.807, 2.05) is 11.4 Å². The van der Waals surface area contributed by atoms with Gasteiger partial charge in [0.25, 0.3) is 11.8 Å². The van der Waals surface area contributed by atoms with Crippen molar-refractivity contribution in [1.82, 2.24) is 0 Å². The SMILES string of the molecule is CCC(=O)Nc1ccc(NC(=O)c2ccc(NC(=O)c3cccs3)cc2)cc1. The summed E-state index contributed by atoms with van der Waals surface area (Å²) in [6, 6.07) is 17.1. The maximum Gasteiger partial charge on any atom is 0.265 e. The number of benzene rings is 2. The van der Waals surface area contributed by atoms with Crippen molar-refractivity contribution in [3.63, 3.8) is 0 Å². The molecule has 6 nitrogen and oxygen atoms in total. The van der Waals surface area contributed by atoms with Crippen LogP contribution >= 0.6 is 11.3 Å². The molecule has 3 aromatic rings. The maximum atomic E-state index is 12.4. The molecule has 1 aromatic heterocycles. The molecule has 0 bridgehead atoms. The molecule has 0 radical (unpaired) electrons. The van der Waals surface area contributed by atoms with E-state index in [-0.39, 0.29) is 17.7 Å². The lowest BCUT2D eigenvalue weighted by atomic mass is 10.2. The number of thiophene rings is 1. The Balaban J connectivity index is 1.58. The van der Waals surface area contributed by atoms with Crippen LogP contribution in [-0.2, 0) is 4.79 Å². The van der Waals surface area contributed by atoms with Crippen LogP contribution in [0, 0.1) is 0 Å². The summed E-state index contributed by atoms with van der Waals surface area (Å²) < 4.78 is 0. The smallest absolute Gasteiger partial charge is 0.265 e. The maximum absolute atomic E-state index is 12.4. The molecule has 1 heterocycles. The molecular formula is C21H19N3O3S. The molecule has 3 N–H and O–H groups in total. The second-order valence-corrected chi connectivity index (χ2v) is 6.89. The quantitative estimate of drug-likeness (QED) is 0.572. The topological polar surface area (TPSA) is 87.3 Å². The highest BCUT2D eigenvalue weighted by molar-refractivity contribution is 7.12. The van der Waals surface area contributed by atoms with Gasteiger partial charge >= 0.3 is 0 Å². The molecule has 0 saturated heterocycles. The van der Waals surface area contributed by atoms with Crippen molar-refractivity contribution in [1.29, 1.82) is 0 Å². The molecule has 2 aromatic carbocycles. The van der Waals surface area contributed by atoms with E-state index in [9.17, 15) is 14.4 Å². The van der Waals surface area contributed by atoms with Crippen molar-refractivity contribution in [2.24, 2.45) is 0 Å². The molecule has 0 unspecified atom stereocenters. The van der Waals surface area contributed by atoms with Crippen LogP contribution in [0.4, 0.5) is 17.1 Å². The van der Waals surface area contributed by atoms with Gasteiger partial charge in [-0.25, -0.2) is 0 Å². The number of anilines is 3. The molecule has 0 atom stereocenters. The first-order valence-electron chi connectivity index (χ1n) is 8.71. The van der Waals surface area contributed by atoms with Crippen molar-refractivity contribution in [3.8, 4) is 0 Å². The van der Waals surface area contributed by atoms with Crippen LogP contribution in [0.2, 0.25) is 0 Å². The highest BCUT2D eigenvalue weighted by Crippen LogP contribution is 2.17. The van der Waals surface area contributed by atoms with E-state index in [2.05, 4.69) is 16.0 Å². The monoisotopic (exact) mass is 393 g/mol. The Kier molecular flexibility index (Phi) is 6.18. The molecule has 0 fully saturated rings. The van der Waals surface area contributed by atoms with Gasteiger partial charge in [-0.15, -0.1) is 11.3 Å². The summed E-state index contributed by atoms with van der Waals surface area (Å²) in [7, 11) is 0. The van der Waals surface area contributed by atoms with E-state index in [4.69, 9.17) is 0 Å². The second kappa shape index (κ2) is 8.96. The predicted octanol–water partition coefficient (Wildman–Crippen LogP) is 4.60. The van der Waals surface area contributed by atoms with Gasteiger partial charge in [0, 0.05) is 29.0 Å². The lowest BCUT2D eigenvalue weighted by Crippen LogP contribution is -2.13. The fourth-order valence-corrected chi connectivity index (χ4v) is 3.01. The van der Waals surface area contributed by atoms with Gasteiger partial charge in [0.2, 0.25) is 5.91 Å². The standard InChI is InChI=1S/C21H19N3O3S/c1-2-19(25)22-15-9-11-17(12-10-15)23-20(26)14-5-7-16(8-6-14)24-21(27)18-4-3-13-28-18/h3-13H,2H2,1H3,(H,22,25)(H,23,26)(H,24,27). The third-order valence-electron chi connectivity index (χ3n) is 3.90. The first-order chi connectivity index (χ1) is 13.5. The summed E-state index contributed by atoms with van der Waals surface area (Å²) in [5.74, 6) is -0.507. The highest BCUT2D eigenvalue weighted by Gasteiger charge is 2.09. The van der Waals surface area contributed by atoms with Crippen LogP contribution in [0.5, 0.6) is 0 Å². The van der Waals surface area contributed by atoms with Gasteiger partial charge in [-0.05, 0) is 60.0 Å². The Morgan fingerprint density at radius 3 is 1.82 bits per heavy atom. The van der Waals surface area contributed by atoms with Gasteiger partial charge in [0.05, 0.1) is 4.88 Å². The fourth-order valence-electron chi connectivity index (χ4n) is 2.39. The van der Waals surface area contributed by atoms with E-state index in [0.717, 1.165) is 0 Å². The molecule has 7 heteroatoms. The molecule has 3 amide bonds. The number of nitrogens with one attached hydrogen (secondary N) is 3. The average Bonchev–Trinajstić information content (AvgIpc) is 3.25. The van der Waals surface area contributed by atoms with E-state index < -0.39 is 0 Å². The van der Waals surface area contributed by atoms with Crippen LogP contribution in [0.3, 0.4) is 0 Å². The Hall–Kier alpha value is -3.45. The van der Waals surface area contributed by atoms with Gasteiger partial charge in [-0.3, -0.25) is 14.4 Å². The minimum Gasteiger partial charge on any atom is -0.326 e. The normalized spacial score (nSPS) is 10.2. The summed E-state index contributed by atoms with van der Waals surface area (Å²) in [5, 5.41) is 10.2. The lowest BCUT2D eigenvalue weighted by molar-refractivity contribution is -0.115. The van der Waals surface area contributed by atoms with Crippen molar-refractivity contribution < 1.29 is 14.4 Å². The predicted molar refractivity (Wildman–Crippen MR) is 112 cm³/mol. The second-order valence-electron chi connectivity index (χ2n) is 5.94. The lowest BCUT2D eigenvalue weighted by Gasteiger charge is -2.08. The molecule has 3 rings (SSSR count). The average molecular weight is 393 g/mol. The van der Waals surface area contributed by atoms with Crippen LogP contribution in [-0.4, -0.2) is 17.7 Å². The van der Waals surface area contributed by atoms with Crippen LogP contribution in [0.25, 0.3) is 0 Å². The minimum atomic E-state index is -0.263. The van der Waals surface area contributed by atoms with E-state index in [1.54, 1.807) is 61.5 Å². The zero-order valence-corrected chi connectivity index (χ0v) is 16.0. The molecule has 28 heavy (non-hydrogen) atoms. The molecule has 0 spiro atoms. The van der Waals surface area contributed by atoms with Gasteiger partial charge in [0.15, 0.2) is 0 Å². The number of carbonyl (C=O) groups is 3. The fraction of sp³-hybridized carbons (Fsp3) is 0.0952. The first kappa shape index (κ1) is 19.3. The molecule has 0 aliphatic heterocycles. The summed E-state index contributed by atoms with van der Waals surface area (Å²) >= 11 is 1.37. The van der Waals surface area contributed by atoms with Gasteiger partial charge in [-0.2, -0.15) is 0 Å². The number of hydrogen-bond donors (Lipinski definition) is 3. The Labute approximate surface area is 166 Å². The van der Waals surface area contributed by atoms with Crippen LogP contribution in [0.15, 0.2) is 66.0 Å².